The SMILES string of the molecule is CCc1ccc(Cc2nc(NC)ncc2[N+](=O)[O-])nc1. The maximum Gasteiger partial charge on any atom is 0.309 e. The Kier molecular flexibility index (Phi) is 4.19. The third-order valence-corrected chi connectivity index (χ3v) is 2.91. The lowest BCUT2D eigenvalue weighted by Gasteiger charge is -2.05. The highest BCUT2D eigenvalue weighted by Crippen LogP contribution is 2.19. The van der Waals surface area contributed by atoms with Crippen LogP contribution in [0.1, 0.15) is 23.9 Å². The first-order valence-corrected chi connectivity index (χ1v) is 6.26. The fourth-order valence-corrected chi connectivity index (χ4v) is 1.75. The van der Waals surface area contributed by atoms with Crippen LogP contribution < -0.4 is 5.32 Å². The van der Waals surface area contributed by atoms with Crippen molar-refractivity contribution in [2.24, 2.45) is 0 Å². The molecule has 20 heavy (non-hydrogen) atoms. The normalized spacial score (nSPS) is 10.3. The summed E-state index contributed by atoms with van der Waals surface area (Å²) in [6, 6.07) is 3.83. The molecule has 104 valence electrons. The monoisotopic (exact) mass is 273 g/mol. The number of aromatic nitrogens is 3. The number of hydrogen-bond donors (Lipinski definition) is 1. The van der Waals surface area contributed by atoms with Gasteiger partial charge in [-0.1, -0.05) is 13.0 Å². The molecule has 0 amide bonds. The molecule has 7 heteroatoms. The van der Waals surface area contributed by atoms with Crippen LogP contribution in [0.5, 0.6) is 0 Å². The molecule has 0 saturated carbocycles. The van der Waals surface area contributed by atoms with Crippen LogP contribution in [-0.2, 0) is 12.8 Å². The first kappa shape index (κ1) is 13.9. The Morgan fingerprint density at radius 3 is 2.65 bits per heavy atom. The van der Waals surface area contributed by atoms with Crippen LogP contribution in [0.4, 0.5) is 11.6 Å². The summed E-state index contributed by atoms with van der Waals surface area (Å²) in [7, 11) is 1.67. The van der Waals surface area contributed by atoms with Crippen LogP contribution in [-0.4, -0.2) is 26.9 Å². The highest BCUT2D eigenvalue weighted by atomic mass is 16.6. The van der Waals surface area contributed by atoms with Gasteiger partial charge in [0, 0.05) is 25.4 Å². The number of pyridine rings is 1. The summed E-state index contributed by atoms with van der Waals surface area (Å²) in [4.78, 5) is 22.8. The van der Waals surface area contributed by atoms with Crippen LogP contribution in [0.3, 0.4) is 0 Å². The second kappa shape index (κ2) is 6.05. The topological polar surface area (TPSA) is 93.8 Å². The molecule has 0 aliphatic heterocycles. The summed E-state index contributed by atoms with van der Waals surface area (Å²) in [5, 5.41) is 13.8. The molecular weight excluding hydrogens is 258 g/mol. The van der Waals surface area contributed by atoms with Crippen molar-refractivity contribution >= 4 is 11.6 Å². The van der Waals surface area contributed by atoms with Gasteiger partial charge in [-0.15, -0.1) is 0 Å². The fourth-order valence-electron chi connectivity index (χ4n) is 1.75. The van der Waals surface area contributed by atoms with E-state index in [0.29, 0.717) is 18.1 Å². The molecule has 0 unspecified atom stereocenters. The average Bonchev–Trinajstić information content (AvgIpc) is 2.47. The van der Waals surface area contributed by atoms with Gasteiger partial charge in [-0.05, 0) is 18.1 Å². The van der Waals surface area contributed by atoms with Gasteiger partial charge >= 0.3 is 5.69 Å². The zero-order valence-corrected chi connectivity index (χ0v) is 11.3. The van der Waals surface area contributed by atoms with E-state index < -0.39 is 4.92 Å². The van der Waals surface area contributed by atoms with E-state index in [2.05, 4.69) is 20.3 Å². The third kappa shape index (κ3) is 3.05. The molecule has 0 radical (unpaired) electrons. The van der Waals surface area contributed by atoms with Crippen molar-refractivity contribution in [2.75, 3.05) is 12.4 Å². The van der Waals surface area contributed by atoms with Crippen LogP contribution in [0.2, 0.25) is 0 Å². The lowest BCUT2D eigenvalue weighted by Crippen LogP contribution is -2.05. The maximum atomic E-state index is 11.0. The minimum absolute atomic E-state index is 0.0923. The van der Waals surface area contributed by atoms with E-state index in [-0.39, 0.29) is 5.69 Å². The minimum Gasteiger partial charge on any atom is -0.357 e. The van der Waals surface area contributed by atoms with E-state index in [0.717, 1.165) is 17.7 Å². The number of anilines is 1. The molecule has 2 heterocycles. The third-order valence-electron chi connectivity index (χ3n) is 2.91. The number of rotatable bonds is 5. The molecule has 0 aromatic carbocycles. The van der Waals surface area contributed by atoms with E-state index in [1.54, 1.807) is 13.2 Å². The molecule has 2 rings (SSSR count). The Hall–Kier alpha value is -2.57. The molecule has 0 fully saturated rings. The Bertz CT molecular complexity index is 613. The van der Waals surface area contributed by atoms with Gasteiger partial charge in [-0.2, -0.15) is 0 Å². The van der Waals surface area contributed by atoms with Gasteiger partial charge in [-0.3, -0.25) is 15.1 Å². The first-order valence-electron chi connectivity index (χ1n) is 6.26. The quantitative estimate of drug-likeness (QED) is 0.661. The highest BCUT2D eigenvalue weighted by Gasteiger charge is 2.17. The molecule has 0 atom stereocenters. The van der Waals surface area contributed by atoms with Crippen molar-refractivity contribution in [3.8, 4) is 0 Å². The van der Waals surface area contributed by atoms with E-state index in [9.17, 15) is 10.1 Å². The number of aryl methyl sites for hydroxylation is 1. The smallest absolute Gasteiger partial charge is 0.309 e. The zero-order chi connectivity index (χ0) is 14.5. The fraction of sp³-hybridized carbons (Fsp3) is 0.308. The second-order valence-electron chi connectivity index (χ2n) is 4.22. The van der Waals surface area contributed by atoms with Crippen LogP contribution in [0.15, 0.2) is 24.5 Å². The number of nitrogens with zero attached hydrogens (tertiary/aromatic N) is 4. The highest BCUT2D eigenvalue weighted by molar-refractivity contribution is 5.40. The summed E-state index contributed by atoms with van der Waals surface area (Å²) in [5.74, 6) is 0.357. The molecule has 1 N–H and O–H groups in total. The van der Waals surface area contributed by atoms with Gasteiger partial charge in [0.2, 0.25) is 5.95 Å². The van der Waals surface area contributed by atoms with Gasteiger partial charge in [0.1, 0.15) is 11.9 Å². The molecule has 0 aliphatic carbocycles. The molecule has 2 aromatic rings. The standard InChI is InChI=1S/C13H15N5O2/c1-3-9-4-5-10(15-7-9)6-11-12(18(19)20)8-16-13(14-2)17-11/h4-5,7-8H,3,6H2,1-2H3,(H,14,16,17). The Labute approximate surface area is 116 Å². The van der Waals surface area contributed by atoms with Gasteiger partial charge in [0.15, 0.2) is 0 Å². The van der Waals surface area contributed by atoms with E-state index >= 15 is 0 Å². The zero-order valence-electron chi connectivity index (χ0n) is 11.3. The van der Waals surface area contributed by atoms with Gasteiger partial charge in [-0.25, -0.2) is 9.97 Å². The number of nitro groups is 1. The molecular formula is C13H15N5O2. The molecule has 0 spiro atoms. The van der Waals surface area contributed by atoms with Crippen LogP contribution in [0, 0.1) is 10.1 Å². The summed E-state index contributed by atoms with van der Waals surface area (Å²) in [5.41, 5.74) is 2.13. The van der Waals surface area contributed by atoms with Crippen molar-refractivity contribution in [3.05, 3.63) is 51.6 Å². The second-order valence-corrected chi connectivity index (χ2v) is 4.22. The predicted octanol–water partition coefficient (Wildman–Crippen LogP) is 1.97. The Morgan fingerprint density at radius 2 is 2.10 bits per heavy atom. The molecule has 0 bridgehead atoms. The number of hydrogen-bond acceptors (Lipinski definition) is 6. The van der Waals surface area contributed by atoms with E-state index in [1.165, 1.54) is 6.20 Å². The van der Waals surface area contributed by atoms with E-state index in [4.69, 9.17) is 0 Å². The maximum absolute atomic E-state index is 11.0. The van der Waals surface area contributed by atoms with Crippen molar-refractivity contribution in [1.29, 1.82) is 0 Å². The Morgan fingerprint density at radius 1 is 1.30 bits per heavy atom. The van der Waals surface area contributed by atoms with Crippen molar-refractivity contribution < 1.29 is 4.92 Å². The predicted molar refractivity (Wildman–Crippen MR) is 74.7 cm³/mol. The molecule has 7 nitrogen and oxygen atoms in total. The van der Waals surface area contributed by atoms with Crippen molar-refractivity contribution in [2.45, 2.75) is 19.8 Å². The molecule has 0 aliphatic rings. The van der Waals surface area contributed by atoms with Crippen LogP contribution in [0.25, 0.3) is 0 Å². The molecule has 2 aromatic heterocycles. The first-order chi connectivity index (χ1) is 9.63. The number of nitrogens with one attached hydrogen (secondary N) is 1. The van der Waals surface area contributed by atoms with Crippen molar-refractivity contribution in [3.63, 3.8) is 0 Å². The van der Waals surface area contributed by atoms with Gasteiger partial charge in [0.25, 0.3) is 0 Å². The molecule has 0 saturated heterocycles. The average molecular weight is 273 g/mol. The van der Waals surface area contributed by atoms with Gasteiger partial charge in [0.05, 0.1) is 4.92 Å². The summed E-state index contributed by atoms with van der Waals surface area (Å²) < 4.78 is 0. The Balaban J connectivity index is 2.32. The lowest BCUT2D eigenvalue weighted by atomic mass is 10.1. The largest absolute Gasteiger partial charge is 0.357 e. The van der Waals surface area contributed by atoms with Crippen LogP contribution >= 0.6 is 0 Å². The summed E-state index contributed by atoms with van der Waals surface area (Å²) in [6.07, 6.45) is 4.21. The van der Waals surface area contributed by atoms with E-state index in [1.807, 2.05) is 19.1 Å². The summed E-state index contributed by atoms with van der Waals surface area (Å²) >= 11 is 0. The summed E-state index contributed by atoms with van der Waals surface area (Å²) in [6.45, 7) is 2.05. The van der Waals surface area contributed by atoms with Gasteiger partial charge < -0.3 is 5.32 Å². The van der Waals surface area contributed by atoms with Crippen molar-refractivity contribution in [1.82, 2.24) is 15.0 Å². The minimum atomic E-state index is -0.477. The lowest BCUT2D eigenvalue weighted by molar-refractivity contribution is -0.386.